The Morgan fingerprint density at radius 1 is 1.12 bits per heavy atom. The van der Waals surface area contributed by atoms with Crippen molar-refractivity contribution >= 4 is 43.1 Å². The molecule has 170 valence electrons. The third kappa shape index (κ3) is 4.53. The molecule has 1 amide bonds. The van der Waals surface area contributed by atoms with Crippen LogP contribution in [-0.4, -0.2) is 50.1 Å². The van der Waals surface area contributed by atoms with Gasteiger partial charge in [0.05, 0.1) is 5.52 Å². The summed E-state index contributed by atoms with van der Waals surface area (Å²) in [6, 6.07) is 18.3. The summed E-state index contributed by atoms with van der Waals surface area (Å²) in [6.07, 6.45) is 1.81. The van der Waals surface area contributed by atoms with E-state index in [9.17, 15) is 13.2 Å². The van der Waals surface area contributed by atoms with E-state index >= 15 is 0 Å². The van der Waals surface area contributed by atoms with Crippen molar-refractivity contribution in [1.29, 1.82) is 0 Å². The highest BCUT2D eigenvalue weighted by atomic mass is 32.2. The van der Waals surface area contributed by atoms with Crippen molar-refractivity contribution in [2.24, 2.45) is 0 Å². The van der Waals surface area contributed by atoms with E-state index in [4.69, 9.17) is 0 Å². The zero-order valence-corrected chi connectivity index (χ0v) is 19.4. The molecule has 0 radical (unpaired) electrons. The molecule has 0 aliphatic carbocycles. The summed E-state index contributed by atoms with van der Waals surface area (Å²) in [5.74, 6) is -0.117. The fourth-order valence-electron chi connectivity index (χ4n) is 3.88. The second-order valence-electron chi connectivity index (χ2n) is 8.16. The van der Waals surface area contributed by atoms with Crippen LogP contribution in [0.5, 0.6) is 0 Å². The van der Waals surface area contributed by atoms with Crippen molar-refractivity contribution in [2.45, 2.75) is 16.7 Å². The molecule has 1 aromatic heterocycles. The van der Waals surface area contributed by atoms with Crippen LogP contribution >= 0.6 is 0 Å². The van der Waals surface area contributed by atoms with Gasteiger partial charge in [0.25, 0.3) is 0 Å². The number of nitrogens with one attached hydrogen (secondary N) is 2. The summed E-state index contributed by atoms with van der Waals surface area (Å²) < 4.78 is 27.4. The van der Waals surface area contributed by atoms with Crippen LogP contribution < -0.4 is 5.32 Å². The molecule has 0 saturated heterocycles. The summed E-state index contributed by atoms with van der Waals surface area (Å²) >= 11 is 0. The SMILES string of the molecule is C=CC(c1cccc2ccccc12)S(=O)(=O)c1[nH]nc2cc(NC(=O)CCN(C)C)ccc12. The third-order valence-electron chi connectivity index (χ3n) is 5.55. The van der Waals surface area contributed by atoms with Gasteiger partial charge >= 0.3 is 0 Å². The predicted molar refractivity (Wildman–Crippen MR) is 132 cm³/mol. The Bertz CT molecular complexity index is 1440. The van der Waals surface area contributed by atoms with E-state index in [0.29, 0.717) is 35.1 Å². The maximum absolute atomic E-state index is 13.7. The van der Waals surface area contributed by atoms with Gasteiger partial charge in [0.1, 0.15) is 5.25 Å². The number of H-pyrrole nitrogens is 1. The summed E-state index contributed by atoms with van der Waals surface area (Å²) in [5, 5.41) is 11.1. The number of aromatic amines is 1. The largest absolute Gasteiger partial charge is 0.326 e. The van der Waals surface area contributed by atoms with E-state index in [1.54, 1.807) is 18.2 Å². The van der Waals surface area contributed by atoms with Crippen LogP contribution in [0.25, 0.3) is 21.7 Å². The minimum Gasteiger partial charge on any atom is -0.326 e. The van der Waals surface area contributed by atoms with Crippen LogP contribution in [0.2, 0.25) is 0 Å². The number of benzene rings is 3. The van der Waals surface area contributed by atoms with Gasteiger partial charge in [0.2, 0.25) is 15.7 Å². The van der Waals surface area contributed by atoms with Crippen molar-refractivity contribution in [3.8, 4) is 0 Å². The average molecular weight is 463 g/mol. The van der Waals surface area contributed by atoms with Gasteiger partial charge in [-0.3, -0.25) is 9.89 Å². The number of sulfone groups is 1. The molecule has 0 aliphatic heterocycles. The molecule has 2 N–H and O–H groups in total. The zero-order valence-electron chi connectivity index (χ0n) is 18.6. The highest BCUT2D eigenvalue weighted by molar-refractivity contribution is 7.92. The van der Waals surface area contributed by atoms with E-state index in [1.807, 2.05) is 61.5 Å². The zero-order chi connectivity index (χ0) is 23.6. The molecule has 7 nitrogen and oxygen atoms in total. The van der Waals surface area contributed by atoms with Crippen LogP contribution in [-0.2, 0) is 14.6 Å². The minimum absolute atomic E-state index is 0.0285. The summed E-state index contributed by atoms with van der Waals surface area (Å²) in [5.41, 5.74) is 1.69. The first-order valence-corrected chi connectivity index (χ1v) is 12.1. The monoisotopic (exact) mass is 462 g/mol. The summed E-state index contributed by atoms with van der Waals surface area (Å²) in [4.78, 5) is 14.1. The molecule has 4 aromatic rings. The van der Waals surface area contributed by atoms with Crippen LogP contribution in [0.3, 0.4) is 0 Å². The van der Waals surface area contributed by atoms with Gasteiger partial charge in [-0.05, 0) is 48.6 Å². The Hall–Kier alpha value is -3.49. The minimum atomic E-state index is -3.86. The van der Waals surface area contributed by atoms with Crippen LogP contribution in [0, 0.1) is 0 Å². The first-order valence-electron chi connectivity index (χ1n) is 10.6. The molecule has 3 aromatic carbocycles. The van der Waals surface area contributed by atoms with Crippen LogP contribution in [0.15, 0.2) is 78.3 Å². The van der Waals surface area contributed by atoms with Crippen molar-refractivity contribution in [1.82, 2.24) is 15.1 Å². The Morgan fingerprint density at radius 2 is 1.88 bits per heavy atom. The Morgan fingerprint density at radius 3 is 2.64 bits per heavy atom. The molecule has 8 heteroatoms. The highest BCUT2D eigenvalue weighted by Gasteiger charge is 2.31. The van der Waals surface area contributed by atoms with Crippen molar-refractivity contribution in [2.75, 3.05) is 26.0 Å². The van der Waals surface area contributed by atoms with Gasteiger partial charge in [-0.2, -0.15) is 5.10 Å². The fourth-order valence-corrected chi connectivity index (χ4v) is 5.58. The fraction of sp³-hybridized carbons (Fsp3) is 0.200. The van der Waals surface area contributed by atoms with Gasteiger partial charge in [-0.1, -0.05) is 48.5 Å². The normalized spacial score (nSPS) is 12.8. The van der Waals surface area contributed by atoms with Gasteiger partial charge in [-0.25, -0.2) is 8.42 Å². The number of fused-ring (bicyclic) bond motifs is 2. The Balaban J connectivity index is 1.68. The van der Waals surface area contributed by atoms with Crippen molar-refractivity contribution in [3.05, 3.63) is 78.9 Å². The van der Waals surface area contributed by atoms with Gasteiger partial charge in [-0.15, -0.1) is 6.58 Å². The standard InChI is InChI=1S/C25H26N4O3S/c1-4-23(20-11-7-9-17-8-5-6-10-19(17)20)33(31,32)25-21-13-12-18(16-22(21)27-28-25)26-24(30)14-15-29(2)3/h4-13,16,23H,1,14-15H2,2-3H3,(H,26,30)(H,27,28). The molecule has 1 unspecified atom stereocenters. The van der Waals surface area contributed by atoms with Gasteiger partial charge in [0.15, 0.2) is 5.03 Å². The third-order valence-corrected chi connectivity index (χ3v) is 7.55. The van der Waals surface area contributed by atoms with Crippen molar-refractivity contribution in [3.63, 3.8) is 0 Å². The molecular weight excluding hydrogens is 436 g/mol. The molecule has 1 atom stereocenters. The smallest absolute Gasteiger partial charge is 0.225 e. The van der Waals surface area contributed by atoms with Gasteiger partial charge in [0, 0.05) is 24.0 Å². The van der Waals surface area contributed by atoms with Crippen LogP contribution in [0.1, 0.15) is 17.2 Å². The highest BCUT2D eigenvalue weighted by Crippen LogP contribution is 2.36. The van der Waals surface area contributed by atoms with E-state index in [1.165, 1.54) is 6.08 Å². The number of hydrogen-bond donors (Lipinski definition) is 2. The quantitative estimate of drug-likeness (QED) is 0.381. The molecule has 0 aliphatic rings. The maximum atomic E-state index is 13.7. The number of aromatic nitrogens is 2. The van der Waals surface area contributed by atoms with E-state index in [-0.39, 0.29) is 10.9 Å². The first kappa shape index (κ1) is 22.7. The molecule has 1 heterocycles. The topological polar surface area (TPSA) is 95.2 Å². The lowest BCUT2D eigenvalue weighted by atomic mass is 10.0. The molecule has 33 heavy (non-hydrogen) atoms. The molecule has 0 bridgehead atoms. The second-order valence-corrected chi connectivity index (χ2v) is 10.2. The number of carbonyl (C=O) groups is 1. The Kier molecular flexibility index (Phi) is 6.31. The van der Waals surface area contributed by atoms with E-state index < -0.39 is 15.1 Å². The van der Waals surface area contributed by atoms with Crippen LogP contribution in [0.4, 0.5) is 5.69 Å². The lowest BCUT2D eigenvalue weighted by Gasteiger charge is -2.16. The first-order chi connectivity index (χ1) is 15.8. The predicted octanol–water partition coefficient (Wildman–Crippen LogP) is 4.31. The molecule has 0 saturated carbocycles. The number of hydrogen-bond acceptors (Lipinski definition) is 5. The van der Waals surface area contributed by atoms with Gasteiger partial charge < -0.3 is 10.2 Å². The second kappa shape index (κ2) is 9.17. The Labute approximate surface area is 193 Å². The number of nitrogens with zero attached hydrogens (tertiary/aromatic N) is 2. The lowest BCUT2D eigenvalue weighted by Crippen LogP contribution is -2.20. The van der Waals surface area contributed by atoms with E-state index in [2.05, 4.69) is 22.1 Å². The number of anilines is 1. The lowest BCUT2D eigenvalue weighted by molar-refractivity contribution is -0.116. The average Bonchev–Trinajstić information content (AvgIpc) is 3.22. The number of carbonyl (C=O) groups excluding carboxylic acids is 1. The molecular formula is C25H26N4O3S. The van der Waals surface area contributed by atoms with Crippen molar-refractivity contribution < 1.29 is 13.2 Å². The summed E-state index contributed by atoms with van der Waals surface area (Å²) in [6.45, 7) is 4.45. The summed E-state index contributed by atoms with van der Waals surface area (Å²) in [7, 11) is -0.0568. The molecule has 4 rings (SSSR count). The maximum Gasteiger partial charge on any atom is 0.225 e. The number of amides is 1. The molecule has 0 fully saturated rings. The number of rotatable bonds is 8. The molecule has 0 spiro atoms. The van der Waals surface area contributed by atoms with E-state index in [0.717, 1.165) is 10.8 Å².